The SMILES string of the molecule is C[Si](C)(C)C/C=C/CCCC[C@@H]1CN1. The minimum absolute atomic E-state index is 0.830. The van der Waals surface area contributed by atoms with E-state index in [2.05, 4.69) is 37.1 Å². The number of allylic oxidation sites excluding steroid dienone is 2. The van der Waals surface area contributed by atoms with Crippen molar-refractivity contribution >= 4 is 8.07 Å². The van der Waals surface area contributed by atoms with Crippen LogP contribution < -0.4 is 5.32 Å². The normalized spacial score (nSPS) is 21.8. The van der Waals surface area contributed by atoms with E-state index in [4.69, 9.17) is 0 Å². The highest BCUT2D eigenvalue weighted by Crippen LogP contribution is 2.11. The average Bonchev–Trinajstić information content (AvgIpc) is 2.84. The molecule has 0 aromatic rings. The molecule has 1 N–H and O–H groups in total. The lowest BCUT2D eigenvalue weighted by atomic mass is 10.1. The predicted octanol–water partition coefficient (Wildman–Crippen LogP) is 3.41. The highest BCUT2D eigenvalue weighted by Gasteiger charge is 2.18. The molecule has 0 radical (unpaired) electrons. The molecule has 0 saturated carbocycles. The van der Waals surface area contributed by atoms with E-state index in [9.17, 15) is 0 Å². The highest BCUT2D eigenvalue weighted by atomic mass is 28.3. The maximum atomic E-state index is 3.34. The van der Waals surface area contributed by atoms with Gasteiger partial charge in [0.25, 0.3) is 0 Å². The summed E-state index contributed by atoms with van der Waals surface area (Å²) in [4.78, 5) is 0. The zero-order valence-electron chi connectivity index (χ0n) is 9.97. The molecule has 1 rings (SSSR count). The zero-order chi connectivity index (χ0) is 10.4. The molecule has 1 fully saturated rings. The van der Waals surface area contributed by atoms with E-state index >= 15 is 0 Å². The number of unbranched alkanes of at least 4 members (excludes halogenated alkanes) is 2. The molecule has 0 aliphatic carbocycles. The van der Waals surface area contributed by atoms with Crippen LogP contribution in [0.2, 0.25) is 25.7 Å². The van der Waals surface area contributed by atoms with Gasteiger partial charge in [-0.15, -0.1) is 0 Å². The van der Waals surface area contributed by atoms with E-state index in [1.54, 1.807) is 0 Å². The molecule has 0 aromatic carbocycles. The van der Waals surface area contributed by atoms with Gasteiger partial charge >= 0.3 is 0 Å². The molecule has 1 aliphatic rings. The number of rotatable bonds is 7. The van der Waals surface area contributed by atoms with Crippen molar-refractivity contribution in [2.24, 2.45) is 0 Å². The van der Waals surface area contributed by atoms with Gasteiger partial charge in [0.1, 0.15) is 0 Å². The lowest BCUT2D eigenvalue weighted by Gasteiger charge is -2.11. The fraction of sp³-hybridized carbons (Fsp3) is 0.833. The van der Waals surface area contributed by atoms with Crippen molar-refractivity contribution in [2.45, 2.75) is 57.4 Å². The van der Waals surface area contributed by atoms with Gasteiger partial charge in [-0.2, -0.15) is 0 Å². The van der Waals surface area contributed by atoms with Crippen LogP contribution in [0.25, 0.3) is 0 Å². The minimum atomic E-state index is -0.830. The quantitative estimate of drug-likeness (QED) is 0.296. The van der Waals surface area contributed by atoms with Crippen LogP contribution in [-0.2, 0) is 0 Å². The van der Waals surface area contributed by atoms with E-state index in [1.165, 1.54) is 38.3 Å². The van der Waals surface area contributed by atoms with E-state index in [0.29, 0.717) is 0 Å². The van der Waals surface area contributed by atoms with Crippen LogP contribution >= 0.6 is 0 Å². The maximum absolute atomic E-state index is 3.34. The molecule has 0 aromatic heterocycles. The largest absolute Gasteiger partial charge is 0.311 e. The third-order valence-electron chi connectivity index (χ3n) is 2.56. The van der Waals surface area contributed by atoms with Crippen molar-refractivity contribution in [3.63, 3.8) is 0 Å². The van der Waals surface area contributed by atoms with E-state index in [0.717, 1.165) is 6.04 Å². The van der Waals surface area contributed by atoms with Crippen LogP contribution in [0.5, 0.6) is 0 Å². The topological polar surface area (TPSA) is 21.9 Å². The Kier molecular flexibility index (Phi) is 4.89. The molecule has 0 amide bonds. The Hall–Kier alpha value is -0.0831. The van der Waals surface area contributed by atoms with Crippen molar-refractivity contribution in [3.05, 3.63) is 12.2 Å². The van der Waals surface area contributed by atoms with Crippen molar-refractivity contribution in [1.82, 2.24) is 5.32 Å². The molecular weight excluding hydrogens is 186 g/mol. The summed E-state index contributed by atoms with van der Waals surface area (Å²) >= 11 is 0. The van der Waals surface area contributed by atoms with Crippen LogP contribution in [-0.4, -0.2) is 20.7 Å². The van der Waals surface area contributed by atoms with Gasteiger partial charge < -0.3 is 5.32 Å². The van der Waals surface area contributed by atoms with Gasteiger partial charge in [0.05, 0.1) is 0 Å². The second-order valence-electron chi connectivity index (χ2n) is 5.63. The van der Waals surface area contributed by atoms with Crippen LogP contribution in [0, 0.1) is 0 Å². The van der Waals surface area contributed by atoms with E-state index < -0.39 is 8.07 Å². The Balaban J connectivity index is 1.86. The van der Waals surface area contributed by atoms with Gasteiger partial charge in [-0.3, -0.25) is 0 Å². The number of hydrogen-bond donors (Lipinski definition) is 1. The summed E-state index contributed by atoms with van der Waals surface area (Å²) in [7, 11) is -0.830. The summed E-state index contributed by atoms with van der Waals surface area (Å²) in [5, 5.41) is 3.34. The van der Waals surface area contributed by atoms with Crippen LogP contribution in [0.4, 0.5) is 0 Å². The second kappa shape index (κ2) is 5.71. The molecule has 1 heterocycles. The molecule has 1 aliphatic heterocycles. The Bertz CT molecular complexity index is 177. The molecule has 0 spiro atoms. The van der Waals surface area contributed by atoms with E-state index in [-0.39, 0.29) is 0 Å². The van der Waals surface area contributed by atoms with Gasteiger partial charge in [0, 0.05) is 20.7 Å². The van der Waals surface area contributed by atoms with Gasteiger partial charge in [-0.05, 0) is 25.3 Å². The molecule has 1 nitrogen and oxygen atoms in total. The Morgan fingerprint density at radius 1 is 1.21 bits per heavy atom. The number of nitrogens with one attached hydrogen (secondary N) is 1. The van der Waals surface area contributed by atoms with Gasteiger partial charge in [-0.25, -0.2) is 0 Å². The predicted molar refractivity (Wildman–Crippen MR) is 67.6 cm³/mol. The third-order valence-corrected chi connectivity index (χ3v) is 4.02. The Labute approximate surface area is 90.0 Å². The smallest absolute Gasteiger partial charge is 0.0480 e. The van der Waals surface area contributed by atoms with Crippen LogP contribution in [0.1, 0.15) is 25.7 Å². The van der Waals surface area contributed by atoms with Crippen LogP contribution in [0.3, 0.4) is 0 Å². The van der Waals surface area contributed by atoms with Gasteiger partial charge in [-0.1, -0.05) is 38.2 Å². The Morgan fingerprint density at radius 3 is 2.50 bits per heavy atom. The minimum Gasteiger partial charge on any atom is -0.311 e. The highest BCUT2D eigenvalue weighted by molar-refractivity contribution is 6.76. The maximum Gasteiger partial charge on any atom is 0.0480 e. The van der Waals surface area contributed by atoms with Crippen molar-refractivity contribution in [3.8, 4) is 0 Å². The first-order valence-corrected chi connectivity index (χ1v) is 9.67. The molecule has 0 unspecified atom stereocenters. The summed E-state index contributed by atoms with van der Waals surface area (Å²) in [6.45, 7) is 8.55. The summed E-state index contributed by atoms with van der Waals surface area (Å²) in [6, 6.07) is 2.22. The summed E-state index contributed by atoms with van der Waals surface area (Å²) < 4.78 is 0. The fourth-order valence-electron chi connectivity index (χ4n) is 1.50. The Morgan fingerprint density at radius 2 is 1.93 bits per heavy atom. The first-order valence-electron chi connectivity index (χ1n) is 5.96. The first kappa shape index (κ1) is 12.0. The molecule has 2 heteroatoms. The van der Waals surface area contributed by atoms with Gasteiger partial charge in [0.15, 0.2) is 0 Å². The molecule has 14 heavy (non-hydrogen) atoms. The molecule has 1 atom stereocenters. The van der Waals surface area contributed by atoms with Crippen molar-refractivity contribution in [2.75, 3.05) is 6.54 Å². The van der Waals surface area contributed by atoms with Crippen molar-refractivity contribution < 1.29 is 0 Å². The molecular formula is C12H25NSi. The van der Waals surface area contributed by atoms with Crippen LogP contribution in [0.15, 0.2) is 12.2 Å². The summed E-state index contributed by atoms with van der Waals surface area (Å²) in [6.07, 6.45) is 10.2. The molecule has 1 saturated heterocycles. The van der Waals surface area contributed by atoms with E-state index in [1.807, 2.05) is 0 Å². The third kappa shape index (κ3) is 7.33. The number of hydrogen-bond acceptors (Lipinski definition) is 1. The summed E-state index contributed by atoms with van der Waals surface area (Å²) in [5.74, 6) is 0. The summed E-state index contributed by atoms with van der Waals surface area (Å²) in [5.41, 5.74) is 0. The standard InChI is InChI=1S/C12H25NSi/c1-14(2,3)10-8-6-4-5-7-9-12-11-13-12/h6,8,12-13H,4-5,7,9-11H2,1-3H3/b8-6+/t12-/m1/s1. The average molecular weight is 211 g/mol. The lowest BCUT2D eigenvalue weighted by Crippen LogP contribution is -2.17. The fourth-order valence-corrected chi connectivity index (χ4v) is 2.37. The monoisotopic (exact) mass is 211 g/mol. The molecule has 0 bridgehead atoms. The first-order chi connectivity index (χ1) is 6.58. The lowest BCUT2D eigenvalue weighted by molar-refractivity contribution is 0.678. The van der Waals surface area contributed by atoms with Gasteiger partial charge in [0.2, 0.25) is 0 Å². The second-order valence-corrected chi connectivity index (χ2v) is 11.2. The molecule has 82 valence electrons. The zero-order valence-corrected chi connectivity index (χ0v) is 11.0. The van der Waals surface area contributed by atoms with Crippen molar-refractivity contribution in [1.29, 1.82) is 0 Å².